The first kappa shape index (κ1) is 13.5. The van der Waals surface area contributed by atoms with Gasteiger partial charge in [-0.2, -0.15) is 5.10 Å². The molecule has 0 saturated carbocycles. The number of hydrogen-bond acceptors (Lipinski definition) is 4. The predicted octanol–water partition coefficient (Wildman–Crippen LogP) is 3.73. The molecular formula is C14H14ClN3OS. The van der Waals surface area contributed by atoms with Gasteiger partial charge in [-0.1, -0.05) is 48.9 Å². The van der Waals surface area contributed by atoms with Gasteiger partial charge in [0.15, 0.2) is 0 Å². The van der Waals surface area contributed by atoms with Crippen LogP contribution in [-0.2, 0) is 6.61 Å². The molecule has 6 heteroatoms. The van der Waals surface area contributed by atoms with Crippen LogP contribution in [-0.4, -0.2) is 19.7 Å². The van der Waals surface area contributed by atoms with Crippen LogP contribution in [0.3, 0.4) is 0 Å². The van der Waals surface area contributed by atoms with Gasteiger partial charge in [0.05, 0.1) is 18.0 Å². The van der Waals surface area contributed by atoms with E-state index >= 15 is 0 Å². The molecule has 0 aliphatic carbocycles. The highest BCUT2D eigenvalue weighted by atomic mass is 35.5. The van der Waals surface area contributed by atoms with E-state index in [0.29, 0.717) is 16.6 Å². The number of nitrogens with zero attached hydrogens (tertiary/aromatic N) is 3. The zero-order valence-corrected chi connectivity index (χ0v) is 12.7. The van der Waals surface area contributed by atoms with Gasteiger partial charge in [-0.3, -0.25) is 0 Å². The molecule has 0 aliphatic rings. The summed E-state index contributed by atoms with van der Waals surface area (Å²) >= 11 is 7.46. The van der Waals surface area contributed by atoms with Crippen molar-refractivity contribution in [3.05, 3.63) is 40.0 Å². The molecule has 0 unspecified atom stereocenters. The maximum Gasteiger partial charge on any atom is 0.213 e. The first-order valence-electron chi connectivity index (χ1n) is 6.35. The molecule has 0 bridgehead atoms. The number of aromatic nitrogens is 3. The van der Waals surface area contributed by atoms with Crippen molar-refractivity contribution >= 4 is 27.9 Å². The van der Waals surface area contributed by atoms with Gasteiger partial charge < -0.3 is 5.11 Å². The smallest absolute Gasteiger partial charge is 0.213 e. The molecule has 4 nitrogen and oxygen atoms in total. The third kappa shape index (κ3) is 2.22. The Morgan fingerprint density at radius 3 is 2.60 bits per heavy atom. The minimum Gasteiger partial charge on any atom is -0.390 e. The second kappa shape index (κ2) is 5.16. The Balaban J connectivity index is 2.16. The second-order valence-electron chi connectivity index (χ2n) is 4.86. The monoisotopic (exact) mass is 307 g/mol. The summed E-state index contributed by atoms with van der Waals surface area (Å²) in [7, 11) is 0. The number of hydrogen-bond donors (Lipinski definition) is 1. The summed E-state index contributed by atoms with van der Waals surface area (Å²) in [4.78, 5) is 5.41. The van der Waals surface area contributed by atoms with Crippen LogP contribution in [0.4, 0.5) is 0 Å². The Morgan fingerprint density at radius 1 is 1.30 bits per heavy atom. The van der Waals surface area contributed by atoms with E-state index in [1.165, 1.54) is 0 Å². The van der Waals surface area contributed by atoms with E-state index in [2.05, 4.69) is 23.9 Å². The molecule has 0 fully saturated rings. The maximum atomic E-state index is 9.65. The van der Waals surface area contributed by atoms with E-state index in [4.69, 9.17) is 11.6 Å². The van der Waals surface area contributed by atoms with Crippen molar-refractivity contribution < 1.29 is 5.11 Å². The number of rotatable bonds is 3. The number of benzene rings is 1. The molecule has 104 valence electrons. The minimum atomic E-state index is -0.0968. The van der Waals surface area contributed by atoms with Crippen molar-refractivity contribution in [3.63, 3.8) is 0 Å². The third-order valence-corrected chi connectivity index (χ3v) is 4.53. The Kier molecular flexibility index (Phi) is 3.50. The molecular weight excluding hydrogens is 294 g/mol. The van der Waals surface area contributed by atoms with Crippen molar-refractivity contribution in [2.75, 3.05) is 0 Å². The van der Waals surface area contributed by atoms with Gasteiger partial charge in [-0.05, 0) is 12.1 Å². The lowest BCUT2D eigenvalue weighted by Gasteiger charge is -2.01. The summed E-state index contributed by atoms with van der Waals surface area (Å²) in [5.74, 6) is 0.354. The summed E-state index contributed by atoms with van der Waals surface area (Å²) in [5, 5.41) is 15.9. The fourth-order valence-electron chi connectivity index (χ4n) is 2.02. The molecule has 0 radical (unpaired) electrons. The third-order valence-electron chi connectivity index (χ3n) is 3.07. The topological polar surface area (TPSA) is 50.4 Å². The van der Waals surface area contributed by atoms with E-state index in [9.17, 15) is 5.11 Å². The van der Waals surface area contributed by atoms with Gasteiger partial charge in [-0.15, -0.1) is 0 Å². The van der Waals surface area contributed by atoms with Crippen LogP contribution in [0.25, 0.3) is 16.2 Å². The molecule has 0 amide bonds. The van der Waals surface area contributed by atoms with Gasteiger partial charge >= 0.3 is 0 Å². The molecule has 0 aliphatic heterocycles. The van der Waals surface area contributed by atoms with E-state index < -0.39 is 0 Å². The van der Waals surface area contributed by atoms with Crippen molar-refractivity contribution in [1.29, 1.82) is 0 Å². The molecule has 0 spiro atoms. The van der Waals surface area contributed by atoms with E-state index in [1.54, 1.807) is 15.9 Å². The Labute approximate surface area is 125 Å². The lowest BCUT2D eigenvalue weighted by atomic mass is 10.1. The largest absolute Gasteiger partial charge is 0.390 e. The minimum absolute atomic E-state index is 0.0968. The summed E-state index contributed by atoms with van der Waals surface area (Å²) in [5.41, 5.74) is 2.41. The predicted molar refractivity (Wildman–Crippen MR) is 81.3 cm³/mol. The molecule has 0 atom stereocenters. The van der Waals surface area contributed by atoms with E-state index in [-0.39, 0.29) is 6.61 Å². The molecule has 3 rings (SSSR count). The summed E-state index contributed by atoms with van der Waals surface area (Å²) in [6.45, 7) is 4.09. The van der Waals surface area contributed by atoms with Gasteiger partial charge in [0, 0.05) is 16.5 Å². The number of fused-ring (bicyclic) bond motifs is 1. The second-order valence-corrected chi connectivity index (χ2v) is 6.29. The molecule has 2 heterocycles. The summed E-state index contributed by atoms with van der Waals surface area (Å²) in [6.07, 6.45) is 0. The Morgan fingerprint density at radius 2 is 2.00 bits per heavy atom. The van der Waals surface area contributed by atoms with E-state index in [0.717, 1.165) is 21.2 Å². The Bertz CT molecular complexity index is 746. The average Bonchev–Trinajstić information content (AvgIpc) is 2.96. The van der Waals surface area contributed by atoms with Crippen LogP contribution < -0.4 is 0 Å². The van der Waals surface area contributed by atoms with Crippen LogP contribution in [0.15, 0.2) is 24.3 Å². The molecule has 1 N–H and O–H groups in total. The fourth-order valence-corrected chi connectivity index (χ4v) is 3.06. The van der Waals surface area contributed by atoms with Crippen LogP contribution in [0.1, 0.15) is 30.5 Å². The maximum absolute atomic E-state index is 9.65. The van der Waals surface area contributed by atoms with Crippen molar-refractivity contribution in [2.24, 2.45) is 0 Å². The number of aliphatic hydroxyl groups excluding tert-OH is 1. The van der Waals surface area contributed by atoms with Gasteiger partial charge in [-0.25, -0.2) is 9.50 Å². The van der Waals surface area contributed by atoms with E-state index in [1.807, 2.05) is 24.3 Å². The lowest BCUT2D eigenvalue weighted by molar-refractivity contribution is 0.275. The highest BCUT2D eigenvalue weighted by molar-refractivity contribution is 7.16. The summed E-state index contributed by atoms with van der Waals surface area (Å²) < 4.78 is 1.74. The quantitative estimate of drug-likeness (QED) is 0.802. The van der Waals surface area contributed by atoms with Gasteiger partial charge in [0.2, 0.25) is 4.96 Å². The van der Waals surface area contributed by atoms with Gasteiger partial charge in [0.1, 0.15) is 5.01 Å². The zero-order valence-electron chi connectivity index (χ0n) is 11.2. The standard InChI is InChI=1S/C14H14ClN3OS/c1-8(2)13-17-18-11(7-19)12(16-14(18)20-13)9-3-5-10(15)6-4-9/h3-6,8,19H,7H2,1-2H3. The first-order valence-corrected chi connectivity index (χ1v) is 7.54. The number of imidazole rings is 1. The highest BCUT2D eigenvalue weighted by Gasteiger charge is 2.18. The highest BCUT2D eigenvalue weighted by Crippen LogP contribution is 2.29. The van der Waals surface area contributed by atoms with Crippen LogP contribution >= 0.6 is 22.9 Å². The molecule has 1 aromatic carbocycles. The first-order chi connectivity index (χ1) is 9.60. The number of aliphatic hydroxyl groups is 1. The summed E-state index contributed by atoms with van der Waals surface area (Å²) in [6, 6.07) is 7.44. The SMILES string of the molecule is CC(C)c1nn2c(CO)c(-c3ccc(Cl)cc3)nc2s1. The molecule has 3 aromatic rings. The van der Waals surface area contributed by atoms with Crippen LogP contribution in [0.5, 0.6) is 0 Å². The number of halogens is 1. The van der Waals surface area contributed by atoms with Crippen molar-refractivity contribution in [2.45, 2.75) is 26.4 Å². The fraction of sp³-hybridized carbons (Fsp3) is 0.286. The lowest BCUT2D eigenvalue weighted by Crippen LogP contribution is -1.97. The van der Waals surface area contributed by atoms with Gasteiger partial charge in [0.25, 0.3) is 0 Å². The average molecular weight is 308 g/mol. The van der Waals surface area contributed by atoms with Crippen molar-refractivity contribution in [1.82, 2.24) is 14.6 Å². The van der Waals surface area contributed by atoms with Crippen LogP contribution in [0.2, 0.25) is 5.02 Å². The zero-order chi connectivity index (χ0) is 14.3. The molecule has 2 aromatic heterocycles. The van der Waals surface area contributed by atoms with Crippen molar-refractivity contribution in [3.8, 4) is 11.3 Å². The normalized spacial score (nSPS) is 11.7. The Hall–Kier alpha value is -1.43. The molecule has 0 saturated heterocycles. The molecule has 20 heavy (non-hydrogen) atoms. The van der Waals surface area contributed by atoms with Crippen LogP contribution in [0, 0.1) is 0 Å².